The summed E-state index contributed by atoms with van der Waals surface area (Å²) >= 11 is 1.45. The number of ether oxygens (including phenoxy) is 2. The van der Waals surface area contributed by atoms with Gasteiger partial charge in [0.25, 0.3) is 5.69 Å². The highest BCUT2D eigenvalue weighted by Gasteiger charge is 2.14. The molecule has 8 nitrogen and oxygen atoms in total. The zero-order valence-corrected chi connectivity index (χ0v) is 16.7. The summed E-state index contributed by atoms with van der Waals surface area (Å²) in [6, 6.07) is 12.1. The van der Waals surface area contributed by atoms with Gasteiger partial charge in [-0.05, 0) is 37.3 Å². The van der Waals surface area contributed by atoms with E-state index in [4.69, 9.17) is 14.6 Å². The molecule has 29 heavy (non-hydrogen) atoms. The molecule has 1 aliphatic heterocycles. The zero-order chi connectivity index (χ0) is 20.4. The number of nitrogens with zero attached hydrogens (tertiary/aromatic N) is 4. The third-order valence-corrected chi connectivity index (χ3v) is 5.37. The van der Waals surface area contributed by atoms with E-state index >= 15 is 0 Å². The molecule has 0 N–H and O–H groups in total. The fraction of sp³-hybridized carbons (Fsp3) is 0.200. The van der Waals surface area contributed by atoms with Crippen LogP contribution in [-0.4, -0.2) is 35.6 Å². The van der Waals surface area contributed by atoms with Crippen molar-refractivity contribution in [2.24, 2.45) is 10.1 Å². The molecule has 0 unspecified atom stereocenters. The molecule has 0 amide bonds. The molecule has 3 aromatic rings. The molecular weight excluding hydrogens is 392 g/mol. The predicted octanol–water partition coefficient (Wildman–Crippen LogP) is 3.70. The Balaban J connectivity index is 1.75. The van der Waals surface area contributed by atoms with E-state index in [1.54, 1.807) is 23.9 Å². The summed E-state index contributed by atoms with van der Waals surface area (Å²) in [7, 11) is 1.71. The number of thiazole rings is 1. The minimum atomic E-state index is -0.414. The number of benzene rings is 2. The third-order valence-electron chi connectivity index (χ3n) is 4.46. The summed E-state index contributed by atoms with van der Waals surface area (Å²) in [6.45, 7) is 2.98. The van der Waals surface area contributed by atoms with Gasteiger partial charge < -0.3 is 9.47 Å². The largest absolute Gasteiger partial charge is 0.486 e. The van der Waals surface area contributed by atoms with Crippen molar-refractivity contribution in [3.8, 4) is 22.8 Å². The van der Waals surface area contributed by atoms with Gasteiger partial charge in [-0.3, -0.25) is 15.1 Å². The molecule has 4 rings (SSSR count). The number of aromatic nitrogens is 1. The average Bonchev–Trinajstić information content (AvgIpc) is 3.15. The first kappa shape index (κ1) is 18.9. The van der Waals surface area contributed by atoms with Crippen LogP contribution in [0.4, 0.5) is 5.69 Å². The fourth-order valence-corrected chi connectivity index (χ4v) is 3.77. The number of rotatable bonds is 4. The minimum absolute atomic E-state index is 0.0480. The van der Waals surface area contributed by atoms with Crippen molar-refractivity contribution in [3.63, 3.8) is 0 Å². The first-order valence-electron chi connectivity index (χ1n) is 8.90. The monoisotopic (exact) mass is 410 g/mol. The lowest BCUT2D eigenvalue weighted by molar-refractivity contribution is -0.384. The van der Waals surface area contributed by atoms with Gasteiger partial charge in [-0.1, -0.05) is 0 Å². The highest BCUT2D eigenvalue weighted by molar-refractivity contribution is 7.07. The van der Waals surface area contributed by atoms with Crippen molar-refractivity contribution in [1.29, 1.82) is 0 Å². The molecule has 0 atom stereocenters. The summed E-state index contributed by atoms with van der Waals surface area (Å²) in [5.74, 6) is 1.43. The molecule has 0 aliphatic carbocycles. The molecular formula is C20H18N4O4S. The van der Waals surface area contributed by atoms with E-state index in [2.05, 4.69) is 4.99 Å². The van der Waals surface area contributed by atoms with Gasteiger partial charge in [0.05, 0.1) is 16.3 Å². The van der Waals surface area contributed by atoms with Crippen LogP contribution in [0.2, 0.25) is 0 Å². The van der Waals surface area contributed by atoms with E-state index in [-0.39, 0.29) is 5.69 Å². The molecule has 1 aromatic heterocycles. The van der Waals surface area contributed by atoms with Crippen molar-refractivity contribution >= 4 is 22.7 Å². The second kappa shape index (κ2) is 7.88. The highest BCUT2D eigenvalue weighted by Crippen LogP contribution is 2.31. The van der Waals surface area contributed by atoms with E-state index in [9.17, 15) is 10.1 Å². The number of nitro benzene ring substituents is 1. The molecule has 0 spiro atoms. The molecule has 148 valence electrons. The van der Waals surface area contributed by atoms with Crippen molar-refractivity contribution in [2.75, 3.05) is 20.3 Å². The molecule has 9 heteroatoms. The minimum Gasteiger partial charge on any atom is -0.486 e. The maximum absolute atomic E-state index is 10.9. The second-order valence-electron chi connectivity index (χ2n) is 6.29. The second-order valence-corrected chi connectivity index (χ2v) is 7.12. The Kier molecular flexibility index (Phi) is 5.13. The average molecular weight is 410 g/mol. The maximum atomic E-state index is 10.9. The molecule has 1 aliphatic rings. The number of hydrogen-bond donors (Lipinski definition) is 0. The van der Waals surface area contributed by atoms with Crippen LogP contribution in [0.3, 0.4) is 0 Å². The highest BCUT2D eigenvalue weighted by atomic mass is 32.1. The van der Waals surface area contributed by atoms with E-state index < -0.39 is 4.92 Å². The molecule has 2 heterocycles. The Labute approximate surface area is 170 Å². The summed E-state index contributed by atoms with van der Waals surface area (Å²) in [5.41, 5.74) is 3.36. The zero-order valence-electron chi connectivity index (χ0n) is 15.9. The molecule has 0 saturated carbocycles. The quantitative estimate of drug-likeness (QED) is 0.372. The summed E-state index contributed by atoms with van der Waals surface area (Å²) in [4.78, 5) is 15.5. The van der Waals surface area contributed by atoms with Crippen LogP contribution in [0.15, 0.2) is 57.9 Å². The van der Waals surface area contributed by atoms with E-state index in [0.29, 0.717) is 19.0 Å². The topological polar surface area (TPSA) is 91.2 Å². The molecule has 0 fully saturated rings. The van der Waals surface area contributed by atoms with E-state index in [0.717, 1.165) is 33.1 Å². The van der Waals surface area contributed by atoms with Crippen molar-refractivity contribution in [1.82, 2.24) is 4.68 Å². The Bertz CT molecular complexity index is 1160. The molecule has 0 saturated heterocycles. The van der Waals surface area contributed by atoms with Gasteiger partial charge in [-0.15, -0.1) is 11.3 Å². The first-order valence-corrected chi connectivity index (χ1v) is 9.78. The van der Waals surface area contributed by atoms with Crippen LogP contribution in [0.25, 0.3) is 11.3 Å². The molecule has 2 aromatic carbocycles. The lowest BCUT2D eigenvalue weighted by atomic mass is 10.1. The van der Waals surface area contributed by atoms with Crippen LogP contribution in [0.5, 0.6) is 11.5 Å². The van der Waals surface area contributed by atoms with E-state index in [1.807, 2.05) is 30.5 Å². The Morgan fingerprint density at radius 2 is 1.86 bits per heavy atom. The lowest BCUT2D eigenvalue weighted by Crippen LogP contribution is -2.16. The summed E-state index contributed by atoms with van der Waals surface area (Å²) in [6.07, 6.45) is 0. The number of hydrogen-bond acceptors (Lipinski definition) is 7. The summed E-state index contributed by atoms with van der Waals surface area (Å²) < 4.78 is 13.0. The van der Waals surface area contributed by atoms with Gasteiger partial charge in [0, 0.05) is 35.7 Å². The maximum Gasteiger partial charge on any atom is 0.269 e. The van der Waals surface area contributed by atoms with Crippen molar-refractivity contribution < 1.29 is 14.4 Å². The smallest absolute Gasteiger partial charge is 0.269 e. The lowest BCUT2D eigenvalue weighted by Gasteiger charge is -2.18. The number of non-ortho nitro benzene ring substituents is 1. The summed E-state index contributed by atoms with van der Waals surface area (Å²) in [5, 5.41) is 17.6. The molecule has 0 bridgehead atoms. The van der Waals surface area contributed by atoms with Crippen molar-refractivity contribution in [3.05, 3.63) is 68.3 Å². The molecule has 0 radical (unpaired) electrons. The van der Waals surface area contributed by atoms with Crippen LogP contribution >= 0.6 is 11.3 Å². The van der Waals surface area contributed by atoms with Crippen LogP contribution in [0.1, 0.15) is 12.5 Å². The Morgan fingerprint density at radius 1 is 1.14 bits per heavy atom. The van der Waals surface area contributed by atoms with Gasteiger partial charge in [-0.25, -0.2) is 4.68 Å². The van der Waals surface area contributed by atoms with Gasteiger partial charge >= 0.3 is 0 Å². The van der Waals surface area contributed by atoms with Crippen LogP contribution < -0.4 is 14.3 Å². The van der Waals surface area contributed by atoms with E-state index in [1.165, 1.54) is 23.5 Å². The van der Waals surface area contributed by atoms with Crippen LogP contribution in [0, 0.1) is 10.1 Å². The third kappa shape index (κ3) is 3.77. The van der Waals surface area contributed by atoms with Gasteiger partial charge in [0.1, 0.15) is 13.2 Å². The van der Waals surface area contributed by atoms with Crippen LogP contribution in [-0.2, 0) is 0 Å². The Morgan fingerprint density at radius 3 is 2.55 bits per heavy atom. The van der Waals surface area contributed by atoms with Gasteiger partial charge in [-0.2, -0.15) is 5.10 Å². The first-order chi connectivity index (χ1) is 14.1. The van der Waals surface area contributed by atoms with Crippen molar-refractivity contribution in [2.45, 2.75) is 6.92 Å². The standard InChI is InChI=1S/C20H18N4O4S/c1-13(15-5-8-18-19(11-15)28-10-9-27-18)22-23-17(12-29-20(23)21-2)14-3-6-16(7-4-14)24(25)26/h3-8,11-12H,9-10H2,1-2H3. The van der Waals surface area contributed by atoms with Gasteiger partial charge in [0.2, 0.25) is 4.80 Å². The Hall–Kier alpha value is -3.46. The normalized spacial score (nSPS) is 14.1. The fourth-order valence-electron chi connectivity index (χ4n) is 2.98. The number of nitro groups is 1. The predicted molar refractivity (Wildman–Crippen MR) is 111 cm³/mol. The SMILES string of the molecule is CN=c1scc(-c2ccc([N+](=O)[O-])cc2)n1N=C(C)c1ccc2c(c1)OCCO2. The van der Waals surface area contributed by atoms with Gasteiger partial charge in [0.15, 0.2) is 11.5 Å². The number of fused-ring (bicyclic) bond motifs is 1.